The zero-order chi connectivity index (χ0) is 14.2. The molecule has 3 nitrogen and oxygen atoms in total. The van der Waals surface area contributed by atoms with Crippen LogP contribution in [-0.2, 0) is 11.2 Å². The van der Waals surface area contributed by atoms with Crippen molar-refractivity contribution in [2.75, 3.05) is 0 Å². The molecule has 1 aromatic carbocycles. The Hall–Kier alpha value is -2.03. The average molecular weight is 257 g/mol. The van der Waals surface area contributed by atoms with Gasteiger partial charge in [-0.25, -0.2) is 0 Å². The van der Waals surface area contributed by atoms with Crippen molar-refractivity contribution in [2.45, 2.75) is 34.1 Å². The summed E-state index contributed by atoms with van der Waals surface area (Å²) < 4.78 is 2.12. The number of benzene rings is 1. The van der Waals surface area contributed by atoms with Crippen LogP contribution in [0.2, 0.25) is 0 Å². The van der Waals surface area contributed by atoms with Crippen molar-refractivity contribution in [3.8, 4) is 5.69 Å². The lowest BCUT2D eigenvalue weighted by atomic mass is 10.1. The zero-order valence-corrected chi connectivity index (χ0v) is 11.8. The quantitative estimate of drug-likeness (QED) is 0.916. The highest BCUT2D eigenvalue weighted by Gasteiger charge is 2.13. The summed E-state index contributed by atoms with van der Waals surface area (Å²) in [5.74, 6) is -0.791. The second kappa shape index (κ2) is 4.92. The minimum absolute atomic E-state index is 0.0739. The minimum atomic E-state index is -0.791. The van der Waals surface area contributed by atoms with Gasteiger partial charge in [-0.3, -0.25) is 4.79 Å². The maximum Gasteiger partial charge on any atom is 0.307 e. The summed E-state index contributed by atoms with van der Waals surface area (Å²) in [5.41, 5.74) is 6.47. The molecule has 0 atom stereocenters. The number of carboxylic acid groups (broad SMARTS) is 1. The molecule has 2 aromatic rings. The van der Waals surface area contributed by atoms with Crippen molar-refractivity contribution in [1.29, 1.82) is 0 Å². The standard InChI is InChI=1S/C16H19NO2/c1-10-5-11(2)7-15(6-10)17-12(3)8-14(13(17)4)9-16(18)19/h5-8H,9H2,1-4H3,(H,18,19). The van der Waals surface area contributed by atoms with Gasteiger partial charge in [0.15, 0.2) is 0 Å². The molecular formula is C16H19NO2. The molecule has 19 heavy (non-hydrogen) atoms. The normalized spacial score (nSPS) is 10.7. The Morgan fingerprint density at radius 2 is 1.63 bits per heavy atom. The molecule has 0 spiro atoms. The van der Waals surface area contributed by atoms with Crippen LogP contribution in [0.15, 0.2) is 24.3 Å². The molecule has 0 aliphatic carbocycles. The lowest BCUT2D eigenvalue weighted by Gasteiger charge is -2.12. The van der Waals surface area contributed by atoms with E-state index in [0.717, 1.165) is 22.6 Å². The summed E-state index contributed by atoms with van der Waals surface area (Å²) in [5, 5.41) is 8.94. The van der Waals surface area contributed by atoms with E-state index in [1.165, 1.54) is 11.1 Å². The first-order valence-corrected chi connectivity index (χ1v) is 6.37. The number of hydrogen-bond donors (Lipinski definition) is 1. The number of aliphatic carboxylic acids is 1. The number of rotatable bonds is 3. The predicted octanol–water partition coefficient (Wildman–Crippen LogP) is 3.34. The van der Waals surface area contributed by atoms with Gasteiger partial charge in [0, 0.05) is 17.1 Å². The van der Waals surface area contributed by atoms with E-state index in [1.807, 2.05) is 19.9 Å². The summed E-state index contributed by atoms with van der Waals surface area (Å²) >= 11 is 0. The molecule has 0 saturated heterocycles. The molecule has 0 radical (unpaired) electrons. The summed E-state index contributed by atoms with van der Waals surface area (Å²) in [6.45, 7) is 8.13. The van der Waals surface area contributed by atoms with Crippen LogP contribution in [0.5, 0.6) is 0 Å². The van der Waals surface area contributed by atoms with Crippen LogP contribution in [-0.4, -0.2) is 15.6 Å². The summed E-state index contributed by atoms with van der Waals surface area (Å²) in [4.78, 5) is 10.9. The molecule has 0 bridgehead atoms. The zero-order valence-electron chi connectivity index (χ0n) is 11.8. The highest BCUT2D eigenvalue weighted by Crippen LogP contribution is 2.23. The first-order chi connectivity index (χ1) is 8.88. The highest BCUT2D eigenvalue weighted by molar-refractivity contribution is 5.71. The number of carboxylic acids is 1. The van der Waals surface area contributed by atoms with Gasteiger partial charge in [0.1, 0.15) is 0 Å². The van der Waals surface area contributed by atoms with Gasteiger partial charge in [0.2, 0.25) is 0 Å². The van der Waals surface area contributed by atoms with E-state index < -0.39 is 5.97 Å². The lowest BCUT2D eigenvalue weighted by Crippen LogP contribution is -2.03. The third-order valence-corrected chi connectivity index (χ3v) is 3.34. The fourth-order valence-corrected chi connectivity index (χ4v) is 2.65. The average Bonchev–Trinajstić information content (AvgIpc) is 2.51. The van der Waals surface area contributed by atoms with E-state index in [1.54, 1.807) is 0 Å². The van der Waals surface area contributed by atoms with Crippen LogP contribution in [0.3, 0.4) is 0 Å². The molecule has 0 unspecified atom stereocenters. The van der Waals surface area contributed by atoms with E-state index in [2.05, 4.69) is 36.6 Å². The van der Waals surface area contributed by atoms with Crippen molar-refractivity contribution in [1.82, 2.24) is 4.57 Å². The third kappa shape index (κ3) is 2.70. The van der Waals surface area contributed by atoms with Gasteiger partial charge in [-0.05, 0) is 62.6 Å². The van der Waals surface area contributed by atoms with E-state index in [0.29, 0.717) is 0 Å². The SMILES string of the molecule is Cc1cc(C)cc(-n2c(C)cc(CC(=O)O)c2C)c1. The fraction of sp³-hybridized carbons (Fsp3) is 0.312. The van der Waals surface area contributed by atoms with Crippen molar-refractivity contribution < 1.29 is 9.90 Å². The Morgan fingerprint density at radius 3 is 2.16 bits per heavy atom. The Morgan fingerprint density at radius 1 is 1.05 bits per heavy atom. The number of aromatic nitrogens is 1. The first-order valence-electron chi connectivity index (χ1n) is 6.37. The van der Waals surface area contributed by atoms with E-state index in [-0.39, 0.29) is 6.42 Å². The summed E-state index contributed by atoms with van der Waals surface area (Å²) in [6.07, 6.45) is 0.0739. The molecule has 0 amide bonds. The minimum Gasteiger partial charge on any atom is -0.481 e. The van der Waals surface area contributed by atoms with Crippen LogP contribution < -0.4 is 0 Å². The third-order valence-electron chi connectivity index (χ3n) is 3.34. The first kappa shape index (κ1) is 13.4. The summed E-state index contributed by atoms with van der Waals surface area (Å²) in [6, 6.07) is 8.34. The molecule has 0 aliphatic rings. The van der Waals surface area contributed by atoms with E-state index in [4.69, 9.17) is 5.11 Å². The lowest BCUT2D eigenvalue weighted by molar-refractivity contribution is -0.136. The molecule has 0 fully saturated rings. The van der Waals surface area contributed by atoms with Gasteiger partial charge >= 0.3 is 5.97 Å². The molecule has 1 aromatic heterocycles. The van der Waals surface area contributed by atoms with Crippen molar-refractivity contribution in [3.05, 3.63) is 52.3 Å². The maximum atomic E-state index is 10.9. The smallest absolute Gasteiger partial charge is 0.307 e. The second-order valence-corrected chi connectivity index (χ2v) is 5.15. The molecule has 1 heterocycles. The highest BCUT2D eigenvalue weighted by atomic mass is 16.4. The Kier molecular flexibility index (Phi) is 3.47. The molecule has 2 rings (SSSR count). The number of nitrogens with zero attached hydrogens (tertiary/aromatic N) is 1. The van der Waals surface area contributed by atoms with Crippen LogP contribution >= 0.6 is 0 Å². The van der Waals surface area contributed by atoms with Gasteiger partial charge in [0.25, 0.3) is 0 Å². The second-order valence-electron chi connectivity index (χ2n) is 5.15. The van der Waals surface area contributed by atoms with Crippen LogP contribution in [0.4, 0.5) is 0 Å². The Labute approximate surface area is 113 Å². The van der Waals surface area contributed by atoms with Gasteiger partial charge in [0.05, 0.1) is 6.42 Å². The number of hydrogen-bond acceptors (Lipinski definition) is 1. The number of carbonyl (C=O) groups is 1. The molecule has 3 heteroatoms. The monoisotopic (exact) mass is 257 g/mol. The predicted molar refractivity (Wildman–Crippen MR) is 76.1 cm³/mol. The topological polar surface area (TPSA) is 42.2 Å². The Balaban J connectivity index is 2.56. The van der Waals surface area contributed by atoms with Crippen molar-refractivity contribution in [3.63, 3.8) is 0 Å². The maximum absolute atomic E-state index is 10.9. The number of aryl methyl sites for hydroxylation is 3. The molecule has 0 saturated carbocycles. The molecular weight excluding hydrogens is 238 g/mol. The van der Waals surface area contributed by atoms with Gasteiger partial charge < -0.3 is 9.67 Å². The van der Waals surface area contributed by atoms with Crippen LogP contribution in [0.1, 0.15) is 28.1 Å². The van der Waals surface area contributed by atoms with Gasteiger partial charge in [-0.2, -0.15) is 0 Å². The Bertz CT molecular complexity index is 618. The molecule has 100 valence electrons. The van der Waals surface area contributed by atoms with Gasteiger partial charge in [-0.1, -0.05) is 6.07 Å². The fourth-order valence-electron chi connectivity index (χ4n) is 2.65. The van der Waals surface area contributed by atoms with E-state index >= 15 is 0 Å². The van der Waals surface area contributed by atoms with E-state index in [9.17, 15) is 4.79 Å². The van der Waals surface area contributed by atoms with Gasteiger partial charge in [-0.15, -0.1) is 0 Å². The van der Waals surface area contributed by atoms with Crippen molar-refractivity contribution in [2.24, 2.45) is 0 Å². The van der Waals surface area contributed by atoms with Crippen LogP contribution in [0, 0.1) is 27.7 Å². The molecule has 1 N–H and O–H groups in total. The molecule has 0 aliphatic heterocycles. The summed E-state index contributed by atoms with van der Waals surface area (Å²) in [7, 11) is 0. The largest absolute Gasteiger partial charge is 0.481 e. The van der Waals surface area contributed by atoms with Crippen LogP contribution in [0.25, 0.3) is 5.69 Å². The van der Waals surface area contributed by atoms with Crippen molar-refractivity contribution >= 4 is 5.97 Å².